The molecule has 92 valence electrons. The van der Waals surface area contributed by atoms with Crippen molar-refractivity contribution in [3.63, 3.8) is 0 Å². The van der Waals surface area contributed by atoms with Crippen LogP contribution < -0.4 is 5.32 Å². The summed E-state index contributed by atoms with van der Waals surface area (Å²) >= 11 is 0. The first-order valence-electron chi connectivity index (χ1n) is 5.30. The maximum Gasteiger partial charge on any atom is 0.394 e. The van der Waals surface area contributed by atoms with E-state index in [0.717, 1.165) is 0 Å². The zero-order valence-electron chi connectivity index (χ0n) is 8.84. The topological polar surface area (TPSA) is 66.4 Å². The number of carbonyl (C=O) groups is 2. The molecule has 0 aromatic rings. The summed E-state index contributed by atoms with van der Waals surface area (Å²) in [5.41, 5.74) is 0. The highest BCUT2D eigenvalue weighted by atomic mass is 19.3. The Morgan fingerprint density at radius 1 is 1.31 bits per heavy atom. The van der Waals surface area contributed by atoms with Gasteiger partial charge in [-0.2, -0.15) is 0 Å². The molecule has 6 heteroatoms. The van der Waals surface area contributed by atoms with Gasteiger partial charge in [0.15, 0.2) is 0 Å². The van der Waals surface area contributed by atoms with Gasteiger partial charge in [-0.25, -0.2) is 13.6 Å². The Labute approximate surface area is 92.0 Å². The van der Waals surface area contributed by atoms with Crippen LogP contribution in [0.2, 0.25) is 0 Å². The number of alkyl halides is 2. The van der Waals surface area contributed by atoms with Gasteiger partial charge in [-0.1, -0.05) is 0 Å². The van der Waals surface area contributed by atoms with Crippen LogP contribution >= 0.6 is 0 Å². The lowest BCUT2D eigenvalue weighted by molar-refractivity contribution is -0.150. The summed E-state index contributed by atoms with van der Waals surface area (Å²) in [5.74, 6) is -4.94. The zero-order valence-corrected chi connectivity index (χ0v) is 8.84. The fraction of sp³-hybridized carbons (Fsp3) is 0.800. The molecule has 4 nitrogen and oxygen atoms in total. The van der Waals surface area contributed by atoms with E-state index in [1.54, 1.807) is 0 Å². The fourth-order valence-corrected chi connectivity index (χ4v) is 1.85. The van der Waals surface area contributed by atoms with Crippen LogP contribution in [0.25, 0.3) is 0 Å². The Balaban J connectivity index is 2.16. The molecule has 1 rings (SSSR count). The molecule has 1 fully saturated rings. The number of carbonyl (C=O) groups excluding carboxylic acids is 1. The van der Waals surface area contributed by atoms with E-state index >= 15 is 0 Å². The van der Waals surface area contributed by atoms with Crippen molar-refractivity contribution in [2.45, 2.75) is 38.0 Å². The number of halogens is 2. The number of carboxylic acid groups (broad SMARTS) is 1. The van der Waals surface area contributed by atoms with Crippen LogP contribution in [0.15, 0.2) is 0 Å². The van der Waals surface area contributed by atoms with Crippen LogP contribution in [0.1, 0.15) is 32.1 Å². The second-order valence-corrected chi connectivity index (χ2v) is 4.15. The minimum Gasteiger partial charge on any atom is -0.474 e. The van der Waals surface area contributed by atoms with E-state index in [9.17, 15) is 18.4 Å². The van der Waals surface area contributed by atoms with Crippen LogP contribution in [0.3, 0.4) is 0 Å². The van der Waals surface area contributed by atoms with Gasteiger partial charge >= 0.3 is 11.9 Å². The highest BCUT2D eigenvalue weighted by Crippen LogP contribution is 2.37. The van der Waals surface area contributed by atoms with Crippen LogP contribution in [0.4, 0.5) is 8.78 Å². The number of rotatable bonds is 3. The fourth-order valence-electron chi connectivity index (χ4n) is 1.85. The first kappa shape index (κ1) is 12.9. The molecule has 1 aliphatic carbocycles. The molecule has 0 radical (unpaired) electrons. The Bertz CT molecular complexity index is 271. The molecule has 2 N–H and O–H groups in total. The Hall–Kier alpha value is -1.20. The maximum absolute atomic E-state index is 12.8. The van der Waals surface area contributed by atoms with Crippen molar-refractivity contribution in [2.75, 3.05) is 6.54 Å². The van der Waals surface area contributed by atoms with Gasteiger partial charge in [-0.3, -0.25) is 4.79 Å². The minimum absolute atomic E-state index is 0.107. The second-order valence-electron chi connectivity index (χ2n) is 4.15. The Morgan fingerprint density at radius 3 is 2.38 bits per heavy atom. The van der Waals surface area contributed by atoms with Gasteiger partial charge < -0.3 is 10.4 Å². The molecule has 0 aliphatic heterocycles. The van der Waals surface area contributed by atoms with Gasteiger partial charge in [0.25, 0.3) is 0 Å². The van der Waals surface area contributed by atoms with Gasteiger partial charge in [0.05, 0.1) is 0 Å². The molecule has 0 atom stereocenters. The van der Waals surface area contributed by atoms with E-state index in [2.05, 4.69) is 5.32 Å². The molecular weight excluding hydrogens is 220 g/mol. The predicted molar refractivity (Wildman–Crippen MR) is 52.2 cm³/mol. The lowest BCUT2D eigenvalue weighted by atomic mass is 9.85. The van der Waals surface area contributed by atoms with E-state index < -0.39 is 17.8 Å². The second kappa shape index (κ2) is 5.23. The third kappa shape index (κ3) is 4.12. The molecule has 0 aromatic carbocycles. The van der Waals surface area contributed by atoms with Gasteiger partial charge in [-0.15, -0.1) is 0 Å². The number of hydrogen-bond donors (Lipinski definition) is 2. The van der Waals surface area contributed by atoms with E-state index in [-0.39, 0.29) is 25.3 Å². The standard InChI is InChI=1S/C10H15F2NO3/c11-10(12)4-1-7(2-5-10)3-6-13-8(14)9(15)16/h7H,1-6H2,(H,13,14)(H,15,16). The summed E-state index contributed by atoms with van der Waals surface area (Å²) < 4.78 is 25.6. The highest BCUT2D eigenvalue weighted by Gasteiger charge is 2.34. The molecule has 1 amide bonds. The molecule has 0 unspecified atom stereocenters. The molecule has 1 aliphatic rings. The van der Waals surface area contributed by atoms with Crippen molar-refractivity contribution in [2.24, 2.45) is 5.92 Å². The molecule has 0 saturated heterocycles. The van der Waals surface area contributed by atoms with Crippen molar-refractivity contribution in [3.05, 3.63) is 0 Å². The van der Waals surface area contributed by atoms with Crippen LogP contribution in [0, 0.1) is 5.92 Å². The van der Waals surface area contributed by atoms with Crippen molar-refractivity contribution in [3.8, 4) is 0 Å². The molecular formula is C10H15F2NO3. The Kier molecular flexibility index (Phi) is 4.20. The number of aliphatic carboxylic acids is 1. The van der Waals surface area contributed by atoms with Crippen molar-refractivity contribution >= 4 is 11.9 Å². The molecule has 16 heavy (non-hydrogen) atoms. The normalized spacial score (nSPS) is 20.4. The van der Waals surface area contributed by atoms with Crippen LogP contribution in [-0.2, 0) is 9.59 Å². The minimum atomic E-state index is -2.54. The third-order valence-electron chi connectivity index (χ3n) is 2.87. The van der Waals surface area contributed by atoms with Crippen molar-refractivity contribution < 1.29 is 23.5 Å². The summed E-state index contributed by atoms with van der Waals surface area (Å²) in [6.45, 7) is 0.237. The smallest absolute Gasteiger partial charge is 0.394 e. The number of carboxylic acids is 1. The molecule has 0 spiro atoms. The lowest BCUT2D eigenvalue weighted by Crippen LogP contribution is -2.33. The zero-order chi connectivity index (χ0) is 12.2. The third-order valence-corrected chi connectivity index (χ3v) is 2.87. The molecule has 0 bridgehead atoms. The average molecular weight is 235 g/mol. The average Bonchev–Trinajstić information content (AvgIpc) is 2.20. The molecule has 0 aromatic heterocycles. The van der Waals surface area contributed by atoms with Crippen molar-refractivity contribution in [1.82, 2.24) is 5.32 Å². The van der Waals surface area contributed by atoms with E-state index in [1.807, 2.05) is 0 Å². The first-order chi connectivity index (χ1) is 7.41. The van der Waals surface area contributed by atoms with Gasteiger partial charge in [0.1, 0.15) is 0 Å². The van der Waals surface area contributed by atoms with Gasteiger partial charge in [-0.05, 0) is 25.2 Å². The Morgan fingerprint density at radius 2 is 1.88 bits per heavy atom. The number of hydrogen-bond acceptors (Lipinski definition) is 2. The number of amides is 1. The van der Waals surface area contributed by atoms with Crippen LogP contribution in [-0.4, -0.2) is 29.5 Å². The summed E-state index contributed by atoms with van der Waals surface area (Å²) in [5, 5.41) is 10.5. The maximum atomic E-state index is 12.8. The lowest BCUT2D eigenvalue weighted by Gasteiger charge is -2.28. The summed E-state index contributed by atoms with van der Waals surface area (Å²) in [4.78, 5) is 20.8. The summed E-state index contributed by atoms with van der Waals surface area (Å²) in [6, 6.07) is 0. The highest BCUT2D eigenvalue weighted by molar-refractivity contribution is 6.31. The predicted octanol–water partition coefficient (Wildman–Crippen LogP) is 1.40. The SMILES string of the molecule is O=C(O)C(=O)NCCC1CCC(F)(F)CC1. The molecule has 0 heterocycles. The van der Waals surface area contributed by atoms with E-state index in [0.29, 0.717) is 19.3 Å². The number of nitrogens with one attached hydrogen (secondary N) is 1. The monoisotopic (exact) mass is 235 g/mol. The van der Waals surface area contributed by atoms with Crippen molar-refractivity contribution in [1.29, 1.82) is 0 Å². The van der Waals surface area contributed by atoms with Gasteiger partial charge in [0.2, 0.25) is 5.92 Å². The first-order valence-corrected chi connectivity index (χ1v) is 5.30. The summed E-state index contributed by atoms with van der Waals surface area (Å²) in [7, 11) is 0. The van der Waals surface area contributed by atoms with E-state index in [4.69, 9.17) is 5.11 Å². The largest absolute Gasteiger partial charge is 0.474 e. The van der Waals surface area contributed by atoms with Gasteiger partial charge in [0, 0.05) is 19.4 Å². The quantitative estimate of drug-likeness (QED) is 0.727. The van der Waals surface area contributed by atoms with Crippen LogP contribution in [0.5, 0.6) is 0 Å². The van der Waals surface area contributed by atoms with E-state index in [1.165, 1.54) is 0 Å². The molecule has 1 saturated carbocycles. The summed E-state index contributed by atoms with van der Waals surface area (Å²) in [6.07, 6.45) is 1.23.